The van der Waals surface area contributed by atoms with E-state index in [1.54, 1.807) is 6.26 Å². The van der Waals surface area contributed by atoms with Gasteiger partial charge in [0.15, 0.2) is 0 Å². The summed E-state index contributed by atoms with van der Waals surface area (Å²) in [6, 6.07) is 1.94. The van der Waals surface area contributed by atoms with Crippen LogP contribution in [0.25, 0.3) is 0 Å². The first-order chi connectivity index (χ1) is 5.36. The van der Waals surface area contributed by atoms with Crippen LogP contribution in [-0.2, 0) is 5.41 Å². The third-order valence-corrected chi connectivity index (χ3v) is 2.95. The van der Waals surface area contributed by atoms with Crippen LogP contribution in [0.5, 0.6) is 0 Å². The first-order valence-corrected chi connectivity index (χ1v) is 4.26. The van der Waals surface area contributed by atoms with Gasteiger partial charge in [0.2, 0.25) is 0 Å². The predicted octanol–water partition coefficient (Wildman–Crippen LogP) is 3.00. The van der Waals surface area contributed by atoms with Crippen molar-refractivity contribution in [2.75, 3.05) is 0 Å². The fourth-order valence-corrected chi connectivity index (χ4v) is 0.919. The van der Waals surface area contributed by atoms with Crippen molar-refractivity contribution in [2.24, 2.45) is 5.41 Å². The zero-order chi connectivity index (χ0) is 9.41. The lowest BCUT2D eigenvalue weighted by Crippen LogP contribution is -2.34. The van der Waals surface area contributed by atoms with Crippen molar-refractivity contribution in [2.45, 2.75) is 40.0 Å². The topological polar surface area (TPSA) is 26.0 Å². The summed E-state index contributed by atoms with van der Waals surface area (Å²) in [6.45, 7) is 11.0. The summed E-state index contributed by atoms with van der Waals surface area (Å²) in [5.74, 6) is 0. The van der Waals surface area contributed by atoms with E-state index in [2.05, 4.69) is 39.8 Å². The molecule has 0 amide bonds. The number of rotatable bonds is 1. The maximum Gasteiger partial charge on any atom is 0.124 e. The van der Waals surface area contributed by atoms with Crippen molar-refractivity contribution in [3.05, 3.63) is 18.0 Å². The highest BCUT2D eigenvalue weighted by Gasteiger charge is 2.36. The second-order valence-electron chi connectivity index (χ2n) is 4.76. The number of aromatic nitrogens is 1. The van der Waals surface area contributed by atoms with E-state index in [-0.39, 0.29) is 10.8 Å². The molecule has 0 aliphatic carbocycles. The number of nitrogens with zero attached hydrogens (tertiary/aromatic N) is 1. The normalized spacial score (nSPS) is 13.4. The molecule has 0 saturated heterocycles. The molecule has 0 aromatic carbocycles. The smallest absolute Gasteiger partial charge is 0.124 e. The van der Waals surface area contributed by atoms with E-state index in [4.69, 9.17) is 4.52 Å². The molecule has 2 nitrogen and oxygen atoms in total. The number of hydrogen-bond acceptors (Lipinski definition) is 2. The largest absolute Gasteiger partial charge is 0.364 e. The van der Waals surface area contributed by atoms with Crippen LogP contribution in [0.3, 0.4) is 0 Å². The Kier molecular flexibility index (Phi) is 2.02. The quantitative estimate of drug-likeness (QED) is 0.642. The van der Waals surface area contributed by atoms with Crippen molar-refractivity contribution in [1.29, 1.82) is 0 Å². The van der Waals surface area contributed by atoms with Crippen molar-refractivity contribution >= 4 is 0 Å². The van der Waals surface area contributed by atoms with Crippen LogP contribution >= 0.6 is 0 Å². The summed E-state index contributed by atoms with van der Waals surface area (Å²) in [5.41, 5.74) is 1.28. The molecule has 0 aliphatic rings. The molecule has 0 bridgehead atoms. The van der Waals surface area contributed by atoms with Gasteiger partial charge in [0.1, 0.15) is 6.26 Å². The minimum absolute atomic E-state index is 0.0556. The van der Waals surface area contributed by atoms with Gasteiger partial charge in [0.05, 0.1) is 5.69 Å². The first kappa shape index (κ1) is 9.30. The minimum Gasteiger partial charge on any atom is -0.364 e. The second-order valence-corrected chi connectivity index (χ2v) is 4.76. The summed E-state index contributed by atoms with van der Waals surface area (Å²) in [5, 5.41) is 3.98. The van der Waals surface area contributed by atoms with E-state index in [0.29, 0.717) is 0 Å². The van der Waals surface area contributed by atoms with Crippen molar-refractivity contribution in [1.82, 2.24) is 5.16 Å². The van der Waals surface area contributed by atoms with Gasteiger partial charge in [-0.25, -0.2) is 0 Å². The molecular weight excluding hydrogens is 150 g/mol. The molecule has 0 atom stereocenters. The van der Waals surface area contributed by atoms with Gasteiger partial charge < -0.3 is 4.52 Å². The van der Waals surface area contributed by atoms with Gasteiger partial charge in [0, 0.05) is 11.5 Å². The summed E-state index contributed by atoms with van der Waals surface area (Å²) in [6.07, 6.45) is 1.63. The third-order valence-electron chi connectivity index (χ3n) is 2.95. The lowest BCUT2D eigenvalue weighted by molar-refractivity contribution is 0.211. The lowest BCUT2D eigenvalue weighted by atomic mass is 9.67. The Balaban J connectivity index is 3.02. The molecule has 0 unspecified atom stereocenters. The SMILES string of the molecule is CC(C)(C)C(C)(C)c1ccon1. The fourth-order valence-electron chi connectivity index (χ4n) is 0.919. The zero-order valence-corrected chi connectivity index (χ0v) is 8.51. The Hall–Kier alpha value is -0.790. The molecule has 0 radical (unpaired) electrons. The molecule has 0 fully saturated rings. The molecule has 1 aromatic rings. The molecule has 0 spiro atoms. The molecule has 0 N–H and O–H groups in total. The maximum absolute atomic E-state index is 4.85. The predicted molar refractivity (Wildman–Crippen MR) is 49.0 cm³/mol. The van der Waals surface area contributed by atoms with Crippen LogP contribution < -0.4 is 0 Å². The average molecular weight is 167 g/mol. The fraction of sp³-hybridized carbons (Fsp3) is 0.700. The van der Waals surface area contributed by atoms with Gasteiger partial charge in [-0.05, 0) is 5.41 Å². The highest BCUT2D eigenvalue weighted by atomic mass is 16.5. The molecule has 1 aromatic heterocycles. The molecule has 2 heteroatoms. The second kappa shape index (κ2) is 2.61. The van der Waals surface area contributed by atoms with Gasteiger partial charge in [-0.3, -0.25) is 0 Å². The van der Waals surface area contributed by atoms with Crippen LogP contribution in [0.1, 0.15) is 40.3 Å². The maximum atomic E-state index is 4.85. The van der Waals surface area contributed by atoms with Gasteiger partial charge in [-0.15, -0.1) is 0 Å². The minimum atomic E-state index is 0.0556. The molecule has 0 aliphatic heterocycles. The van der Waals surface area contributed by atoms with Gasteiger partial charge in [-0.2, -0.15) is 0 Å². The molecular formula is C10H17NO. The van der Waals surface area contributed by atoms with Gasteiger partial charge >= 0.3 is 0 Å². The molecule has 1 heterocycles. The van der Waals surface area contributed by atoms with Crippen LogP contribution in [0, 0.1) is 5.41 Å². The van der Waals surface area contributed by atoms with Crippen molar-refractivity contribution in [3.8, 4) is 0 Å². The van der Waals surface area contributed by atoms with Crippen molar-refractivity contribution in [3.63, 3.8) is 0 Å². The number of hydrogen-bond donors (Lipinski definition) is 0. The van der Waals surface area contributed by atoms with E-state index in [9.17, 15) is 0 Å². The Morgan fingerprint density at radius 1 is 1.17 bits per heavy atom. The highest BCUT2D eigenvalue weighted by molar-refractivity contribution is 5.14. The Morgan fingerprint density at radius 2 is 1.75 bits per heavy atom. The van der Waals surface area contributed by atoms with Crippen molar-refractivity contribution < 1.29 is 4.52 Å². The van der Waals surface area contributed by atoms with Crippen LogP contribution in [0.2, 0.25) is 0 Å². The average Bonchev–Trinajstić information content (AvgIpc) is 2.34. The van der Waals surface area contributed by atoms with Crippen LogP contribution in [0.15, 0.2) is 16.9 Å². The first-order valence-electron chi connectivity index (χ1n) is 4.26. The zero-order valence-electron chi connectivity index (χ0n) is 8.51. The molecule has 68 valence electrons. The van der Waals surface area contributed by atoms with Crippen LogP contribution in [0.4, 0.5) is 0 Å². The van der Waals surface area contributed by atoms with Gasteiger partial charge in [-0.1, -0.05) is 39.8 Å². The van der Waals surface area contributed by atoms with E-state index in [1.165, 1.54) is 0 Å². The van der Waals surface area contributed by atoms with E-state index in [0.717, 1.165) is 5.69 Å². The van der Waals surface area contributed by atoms with E-state index in [1.807, 2.05) is 6.07 Å². The van der Waals surface area contributed by atoms with E-state index >= 15 is 0 Å². The summed E-state index contributed by atoms with van der Waals surface area (Å²) in [7, 11) is 0. The lowest BCUT2D eigenvalue weighted by Gasteiger charge is -2.36. The standard InChI is InChI=1S/C10H17NO/c1-9(2,3)10(4,5)8-6-7-12-11-8/h6-7H,1-5H3. The third kappa shape index (κ3) is 1.38. The highest BCUT2D eigenvalue weighted by Crippen LogP contribution is 2.39. The molecule has 12 heavy (non-hydrogen) atoms. The Bertz CT molecular complexity index is 241. The Morgan fingerprint density at radius 3 is 2.08 bits per heavy atom. The summed E-state index contributed by atoms with van der Waals surface area (Å²) < 4.78 is 4.85. The van der Waals surface area contributed by atoms with Crippen LogP contribution in [-0.4, -0.2) is 5.16 Å². The van der Waals surface area contributed by atoms with Gasteiger partial charge in [0.25, 0.3) is 0 Å². The van der Waals surface area contributed by atoms with E-state index < -0.39 is 0 Å². The summed E-state index contributed by atoms with van der Waals surface area (Å²) >= 11 is 0. The summed E-state index contributed by atoms with van der Waals surface area (Å²) in [4.78, 5) is 0. The molecule has 1 rings (SSSR count). The molecule has 0 saturated carbocycles. The monoisotopic (exact) mass is 167 g/mol. The Labute approximate surface area is 74.0 Å².